The maximum atomic E-state index is 5.69. The monoisotopic (exact) mass is 314 g/mol. The molecule has 0 radical (unpaired) electrons. The quantitative estimate of drug-likeness (QED) is 0.515. The number of nitrogens with zero attached hydrogens (tertiary/aromatic N) is 4. The first-order valence-corrected chi connectivity index (χ1v) is 8.20. The highest BCUT2D eigenvalue weighted by Gasteiger charge is 2.08. The number of hydrogen-bond donors (Lipinski definition) is 0. The van der Waals surface area contributed by atoms with Gasteiger partial charge in [0.25, 0.3) is 5.22 Å². The predicted octanol–water partition coefficient (Wildman–Crippen LogP) is 3.50. The van der Waals surface area contributed by atoms with Gasteiger partial charge in [0, 0.05) is 24.6 Å². The van der Waals surface area contributed by atoms with Gasteiger partial charge in [0.1, 0.15) is 0 Å². The zero-order valence-electron chi connectivity index (χ0n) is 12.7. The van der Waals surface area contributed by atoms with Crippen LogP contribution in [-0.2, 0) is 13.5 Å². The van der Waals surface area contributed by atoms with E-state index in [0.717, 1.165) is 24.2 Å². The van der Waals surface area contributed by atoms with Crippen LogP contribution in [0.2, 0.25) is 0 Å². The molecule has 0 saturated carbocycles. The van der Waals surface area contributed by atoms with E-state index >= 15 is 0 Å². The SMILES string of the molecule is Cc1ccc(-c2nnc(SCCCc3cnn(C)c3)o2)cc1. The lowest BCUT2D eigenvalue weighted by molar-refractivity contribution is 0.466. The molecule has 114 valence electrons. The Balaban J connectivity index is 1.50. The first kappa shape index (κ1) is 14.8. The van der Waals surface area contributed by atoms with Gasteiger partial charge in [-0.1, -0.05) is 29.5 Å². The average Bonchev–Trinajstić information content (AvgIpc) is 3.14. The molecule has 5 nitrogen and oxygen atoms in total. The van der Waals surface area contributed by atoms with Crippen LogP contribution in [0.3, 0.4) is 0 Å². The van der Waals surface area contributed by atoms with E-state index < -0.39 is 0 Å². The third kappa shape index (κ3) is 3.76. The smallest absolute Gasteiger partial charge is 0.276 e. The average molecular weight is 314 g/mol. The summed E-state index contributed by atoms with van der Waals surface area (Å²) in [6.45, 7) is 2.06. The second-order valence-corrected chi connectivity index (χ2v) is 6.26. The minimum absolute atomic E-state index is 0.578. The summed E-state index contributed by atoms with van der Waals surface area (Å²) in [6, 6.07) is 8.08. The van der Waals surface area contributed by atoms with Crippen molar-refractivity contribution in [3.05, 3.63) is 47.8 Å². The minimum atomic E-state index is 0.578. The molecule has 0 unspecified atom stereocenters. The number of aromatic nitrogens is 4. The van der Waals surface area contributed by atoms with Gasteiger partial charge in [-0.3, -0.25) is 4.68 Å². The van der Waals surface area contributed by atoms with Crippen LogP contribution in [0, 0.1) is 6.92 Å². The van der Waals surface area contributed by atoms with Crippen LogP contribution in [-0.4, -0.2) is 25.7 Å². The molecule has 2 heterocycles. The third-order valence-electron chi connectivity index (χ3n) is 3.30. The van der Waals surface area contributed by atoms with Crippen molar-refractivity contribution >= 4 is 11.8 Å². The highest BCUT2D eigenvalue weighted by Crippen LogP contribution is 2.24. The fraction of sp³-hybridized carbons (Fsp3) is 0.312. The van der Waals surface area contributed by atoms with E-state index in [1.165, 1.54) is 11.1 Å². The van der Waals surface area contributed by atoms with Gasteiger partial charge in [0.2, 0.25) is 5.89 Å². The lowest BCUT2D eigenvalue weighted by atomic mass is 10.1. The fourth-order valence-corrected chi connectivity index (χ4v) is 2.82. The highest BCUT2D eigenvalue weighted by atomic mass is 32.2. The van der Waals surface area contributed by atoms with Crippen LogP contribution in [0.1, 0.15) is 17.5 Å². The van der Waals surface area contributed by atoms with Crippen molar-refractivity contribution in [1.82, 2.24) is 20.0 Å². The van der Waals surface area contributed by atoms with E-state index in [-0.39, 0.29) is 0 Å². The Kier molecular flexibility index (Phi) is 4.58. The molecular formula is C16H18N4OS. The van der Waals surface area contributed by atoms with E-state index in [1.54, 1.807) is 11.8 Å². The molecule has 1 aromatic carbocycles. The molecule has 22 heavy (non-hydrogen) atoms. The summed E-state index contributed by atoms with van der Waals surface area (Å²) in [7, 11) is 1.93. The summed E-state index contributed by atoms with van der Waals surface area (Å²) >= 11 is 1.60. The number of hydrogen-bond acceptors (Lipinski definition) is 5. The summed E-state index contributed by atoms with van der Waals surface area (Å²) < 4.78 is 7.52. The molecule has 6 heteroatoms. The van der Waals surface area contributed by atoms with Gasteiger partial charge in [0.05, 0.1) is 6.20 Å². The molecule has 0 saturated heterocycles. The minimum Gasteiger partial charge on any atom is -0.411 e. The molecule has 0 spiro atoms. The van der Waals surface area contributed by atoms with E-state index in [9.17, 15) is 0 Å². The van der Waals surface area contributed by atoms with Crippen LogP contribution in [0.4, 0.5) is 0 Å². The van der Waals surface area contributed by atoms with Crippen molar-refractivity contribution in [1.29, 1.82) is 0 Å². The van der Waals surface area contributed by atoms with Gasteiger partial charge >= 0.3 is 0 Å². The molecule has 0 amide bonds. The first-order chi connectivity index (χ1) is 10.7. The largest absolute Gasteiger partial charge is 0.411 e. The Bertz CT molecular complexity index is 733. The number of rotatable bonds is 6. The molecule has 0 atom stereocenters. The molecule has 0 N–H and O–H groups in total. The van der Waals surface area contributed by atoms with E-state index in [2.05, 4.69) is 22.2 Å². The third-order valence-corrected chi connectivity index (χ3v) is 4.20. The molecule has 3 aromatic rings. The fourth-order valence-electron chi connectivity index (χ4n) is 2.12. The zero-order chi connectivity index (χ0) is 15.4. The molecular weight excluding hydrogens is 296 g/mol. The molecule has 3 rings (SSSR count). The number of benzene rings is 1. The van der Waals surface area contributed by atoms with Crippen molar-refractivity contribution < 1.29 is 4.42 Å². The summed E-state index contributed by atoms with van der Waals surface area (Å²) in [5, 5.41) is 13.0. The normalized spacial score (nSPS) is 11.0. The van der Waals surface area contributed by atoms with Crippen LogP contribution >= 0.6 is 11.8 Å². The summed E-state index contributed by atoms with van der Waals surface area (Å²) in [4.78, 5) is 0. The van der Waals surface area contributed by atoms with Crippen molar-refractivity contribution in [2.75, 3.05) is 5.75 Å². The molecule has 0 aliphatic rings. The van der Waals surface area contributed by atoms with Gasteiger partial charge in [0.15, 0.2) is 0 Å². The topological polar surface area (TPSA) is 56.7 Å². The van der Waals surface area contributed by atoms with Crippen LogP contribution in [0.5, 0.6) is 0 Å². The molecule has 0 aliphatic heterocycles. The predicted molar refractivity (Wildman–Crippen MR) is 86.7 cm³/mol. The lowest BCUT2D eigenvalue weighted by Crippen LogP contribution is -1.87. The van der Waals surface area contributed by atoms with Crippen molar-refractivity contribution in [3.63, 3.8) is 0 Å². The summed E-state index contributed by atoms with van der Waals surface area (Å²) in [6.07, 6.45) is 6.03. The van der Waals surface area contributed by atoms with E-state index in [0.29, 0.717) is 11.1 Å². The van der Waals surface area contributed by atoms with Gasteiger partial charge in [-0.15, -0.1) is 10.2 Å². The van der Waals surface area contributed by atoms with Crippen LogP contribution in [0.25, 0.3) is 11.5 Å². The number of thioether (sulfide) groups is 1. The molecule has 0 fully saturated rings. The Labute approximate surface area is 133 Å². The molecule has 2 aromatic heterocycles. The Morgan fingerprint density at radius 2 is 2.00 bits per heavy atom. The summed E-state index contributed by atoms with van der Waals surface area (Å²) in [5.74, 6) is 1.53. The summed E-state index contributed by atoms with van der Waals surface area (Å²) in [5.41, 5.74) is 3.43. The van der Waals surface area contributed by atoms with Gasteiger partial charge in [-0.05, 0) is 37.5 Å². The van der Waals surface area contributed by atoms with Gasteiger partial charge < -0.3 is 4.42 Å². The maximum Gasteiger partial charge on any atom is 0.276 e. The maximum absolute atomic E-state index is 5.69. The van der Waals surface area contributed by atoms with Gasteiger partial charge in [-0.2, -0.15) is 5.10 Å². The van der Waals surface area contributed by atoms with Crippen LogP contribution in [0.15, 0.2) is 46.3 Å². The zero-order valence-corrected chi connectivity index (χ0v) is 13.5. The molecule has 0 bridgehead atoms. The lowest BCUT2D eigenvalue weighted by Gasteiger charge is -1.97. The van der Waals surface area contributed by atoms with Gasteiger partial charge in [-0.25, -0.2) is 0 Å². The Morgan fingerprint density at radius 3 is 2.73 bits per heavy atom. The standard InChI is InChI=1S/C16H18N4OS/c1-12-5-7-14(8-6-12)15-18-19-16(21-15)22-9-3-4-13-10-17-20(2)11-13/h5-8,10-11H,3-4,9H2,1-2H3. The van der Waals surface area contributed by atoms with E-state index in [4.69, 9.17) is 4.42 Å². The van der Waals surface area contributed by atoms with Crippen LogP contribution < -0.4 is 0 Å². The Morgan fingerprint density at radius 1 is 1.18 bits per heavy atom. The second kappa shape index (κ2) is 6.79. The second-order valence-electron chi connectivity index (χ2n) is 5.21. The van der Waals surface area contributed by atoms with Crippen molar-refractivity contribution in [2.45, 2.75) is 25.0 Å². The Hall–Kier alpha value is -2.08. The highest BCUT2D eigenvalue weighted by molar-refractivity contribution is 7.99. The number of aryl methyl sites for hydroxylation is 3. The first-order valence-electron chi connectivity index (χ1n) is 7.21. The van der Waals surface area contributed by atoms with Crippen molar-refractivity contribution in [2.24, 2.45) is 7.05 Å². The van der Waals surface area contributed by atoms with E-state index in [1.807, 2.05) is 48.4 Å². The molecule has 0 aliphatic carbocycles. The van der Waals surface area contributed by atoms with Crippen molar-refractivity contribution in [3.8, 4) is 11.5 Å².